The van der Waals surface area contributed by atoms with Crippen LogP contribution in [0, 0.1) is 0 Å². The molecule has 12 heteroatoms. The number of carbonyl (C=O) groups is 1. The van der Waals surface area contributed by atoms with Crippen LogP contribution in [0.1, 0.15) is 10.5 Å². The van der Waals surface area contributed by atoms with E-state index in [1.165, 1.54) is 16.6 Å². The predicted molar refractivity (Wildman–Crippen MR) is 133 cm³/mol. The van der Waals surface area contributed by atoms with Crippen LogP contribution < -0.4 is 10.5 Å². The first-order valence-electron chi connectivity index (χ1n) is 11.1. The highest BCUT2D eigenvalue weighted by atomic mass is 35.5. The van der Waals surface area contributed by atoms with Gasteiger partial charge in [-0.2, -0.15) is 4.31 Å². The monoisotopic (exact) mass is 527 g/mol. The highest BCUT2D eigenvalue weighted by Crippen LogP contribution is 2.32. The summed E-state index contributed by atoms with van der Waals surface area (Å²) < 4.78 is 39.9. The average Bonchev–Trinajstić information content (AvgIpc) is 3.28. The van der Waals surface area contributed by atoms with E-state index in [-0.39, 0.29) is 36.9 Å². The lowest BCUT2D eigenvalue weighted by Crippen LogP contribution is -2.47. The topological polar surface area (TPSA) is 140 Å². The molecule has 1 aliphatic rings. The van der Waals surface area contributed by atoms with Gasteiger partial charge in [0.05, 0.1) is 24.7 Å². The molecule has 1 fully saturated rings. The van der Waals surface area contributed by atoms with Crippen molar-refractivity contribution in [2.24, 2.45) is 5.73 Å². The number of H-pyrrole nitrogens is 1. The highest BCUT2D eigenvalue weighted by molar-refractivity contribution is 7.89. The highest BCUT2D eigenvalue weighted by Gasteiger charge is 2.36. The number of carbonyl (C=O) groups excluding carboxylic acids is 1. The molecule has 1 aliphatic heterocycles. The summed E-state index contributed by atoms with van der Waals surface area (Å²) in [4.78, 5) is 23.3. The second kappa shape index (κ2) is 9.86. The third-order valence-corrected chi connectivity index (χ3v) is 7.96. The lowest BCUT2D eigenvalue weighted by Gasteiger charge is -2.32. The molecule has 2 aromatic heterocycles. The average molecular weight is 528 g/mol. The number of morpholine rings is 1. The van der Waals surface area contributed by atoms with Gasteiger partial charge in [0.15, 0.2) is 0 Å². The quantitative estimate of drug-likeness (QED) is 0.376. The number of fused-ring (bicyclic) bond motifs is 1. The summed E-state index contributed by atoms with van der Waals surface area (Å²) in [5.41, 5.74) is 7.37. The zero-order valence-electron chi connectivity index (χ0n) is 18.9. The van der Waals surface area contributed by atoms with Crippen LogP contribution >= 0.6 is 11.6 Å². The zero-order valence-corrected chi connectivity index (χ0v) is 20.5. The third-order valence-electron chi connectivity index (χ3n) is 5.77. The molecule has 1 saturated heterocycles. The summed E-state index contributed by atoms with van der Waals surface area (Å²) in [6.45, 7) is 0.341. The molecule has 1 atom stereocenters. The summed E-state index contributed by atoms with van der Waals surface area (Å²) in [5.74, 6) is -0.591. The van der Waals surface area contributed by atoms with Crippen LogP contribution in [0.4, 0.5) is 0 Å². The Labute approximate surface area is 212 Å². The molecule has 0 bridgehead atoms. The van der Waals surface area contributed by atoms with Crippen molar-refractivity contribution in [3.63, 3.8) is 0 Å². The Hall–Kier alpha value is -3.51. The van der Waals surface area contributed by atoms with Gasteiger partial charge in [0, 0.05) is 34.6 Å². The fourth-order valence-corrected chi connectivity index (χ4v) is 6.01. The number of hydrogen-bond donors (Lipinski definition) is 2. The van der Waals surface area contributed by atoms with Gasteiger partial charge in [0.25, 0.3) is 5.91 Å². The van der Waals surface area contributed by atoms with Crippen molar-refractivity contribution < 1.29 is 22.7 Å². The van der Waals surface area contributed by atoms with Gasteiger partial charge >= 0.3 is 0 Å². The fourth-order valence-electron chi connectivity index (χ4n) is 4.05. The van der Waals surface area contributed by atoms with Crippen molar-refractivity contribution >= 4 is 38.4 Å². The summed E-state index contributed by atoms with van der Waals surface area (Å²) in [5, 5.41) is 0.631. The number of primary amides is 1. The fraction of sp³-hybridized carbons (Fsp3) is 0.208. The molecule has 3 heterocycles. The van der Waals surface area contributed by atoms with E-state index in [1.54, 1.807) is 18.3 Å². The molecule has 186 valence electrons. The van der Waals surface area contributed by atoms with E-state index >= 15 is 0 Å². The molecule has 3 N–H and O–H groups in total. The van der Waals surface area contributed by atoms with Crippen LogP contribution in [0.2, 0.25) is 5.02 Å². The Morgan fingerprint density at radius 2 is 2.00 bits per heavy atom. The number of nitrogens with one attached hydrogen (secondary N) is 1. The molecule has 4 aromatic rings. The molecular formula is C24H22ClN5O5S. The van der Waals surface area contributed by atoms with E-state index in [0.717, 1.165) is 5.56 Å². The number of sulfonamides is 1. The third kappa shape index (κ3) is 4.78. The smallest absolute Gasteiger partial charge is 0.266 e. The number of rotatable bonds is 7. The van der Waals surface area contributed by atoms with Crippen LogP contribution in [0.25, 0.3) is 22.2 Å². The first kappa shape index (κ1) is 24.2. The van der Waals surface area contributed by atoms with Crippen LogP contribution in [-0.2, 0) is 14.8 Å². The van der Waals surface area contributed by atoms with Gasteiger partial charge in [-0.25, -0.2) is 18.4 Å². The number of benzene rings is 2. The predicted octanol–water partition coefficient (Wildman–Crippen LogP) is 2.85. The second-order valence-corrected chi connectivity index (χ2v) is 10.5. The lowest BCUT2D eigenvalue weighted by molar-refractivity contribution is -0.0257. The number of ether oxygens (including phenoxy) is 2. The summed E-state index contributed by atoms with van der Waals surface area (Å²) in [7, 11) is -4.11. The minimum atomic E-state index is -4.11. The van der Waals surface area contributed by atoms with E-state index in [2.05, 4.69) is 15.0 Å². The zero-order chi connectivity index (χ0) is 25.3. The maximum atomic E-state index is 13.6. The van der Waals surface area contributed by atoms with E-state index in [9.17, 15) is 13.2 Å². The first-order chi connectivity index (χ1) is 17.3. The largest absolute Gasteiger partial charge is 0.474 e. The Balaban J connectivity index is 1.32. The van der Waals surface area contributed by atoms with Gasteiger partial charge in [-0.1, -0.05) is 41.9 Å². The number of amides is 1. The Morgan fingerprint density at radius 1 is 1.19 bits per heavy atom. The number of hydrogen-bond acceptors (Lipinski definition) is 7. The number of aromatic nitrogens is 3. The molecule has 1 amide bonds. The summed E-state index contributed by atoms with van der Waals surface area (Å²) in [6, 6.07) is 14.3. The minimum absolute atomic E-state index is 0.0172. The molecule has 2 aromatic carbocycles. The van der Waals surface area contributed by atoms with Crippen molar-refractivity contribution in [1.82, 2.24) is 19.3 Å². The normalized spacial score (nSPS) is 16.8. The van der Waals surface area contributed by atoms with Gasteiger partial charge in [0.1, 0.15) is 23.3 Å². The van der Waals surface area contributed by atoms with E-state index in [0.29, 0.717) is 27.5 Å². The molecular weight excluding hydrogens is 506 g/mol. The summed E-state index contributed by atoms with van der Waals surface area (Å²) in [6.07, 6.45) is 2.56. The Bertz CT molecular complexity index is 1510. The molecule has 0 spiro atoms. The number of nitrogens with zero attached hydrogens (tertiary/aromatic N) is 3. The van der Waals surface area contributed by atoms with Gasteiger partial charge in [-0.15, -0.1) is 0 Å². The lowest BCUT2D eigenvalue weighted by atomic mass is 10.2. The van der Waals surface area contributed by atoms with E-state index in [4.69, 9.17) is 26.8 Å². The Kier molecular flexibility index (Phi) is 6.63. The molecule has 5 rings (SSSR count). The van der Waals surface area contributed by atoms with Crippen molar-refractivity contribution in [2.45, 2.75) is 11.0 Å². The van der Waals surface area contributed by atoms with E-state index < -0.39 is 22.0 Å². The maximum Gasteiger partial charge on any atom is 0.266 e. The molecule has 36 heavy (non-hydrogen) atoms. The molecule has 0 aliphatic carbocycles. The Morgan fingerprint density at radius 3 is 2.72 bits per heavy atom. The molecule has 0 saturated carbocycles. The van der Waals surface area contributed by atoms with Crippen molar-refractivity contribution in [1.29, 1.82) is 0 Å². The standard InChI is InChI=1S/C24H22ClN5O5S/c25-16-6-7-19-18(10-16)23(22(29-19)24(26)31)36(32,33)30-8-9-34-17(13-30)14-35-21-12-27-20(11-28-21)15-4-2-1-3-5-15/h1-7,10-12,17,29H,8-9,13-14H2,(H2,26,31). The minimum Gasteiger partial charge on any atom is -0.474 e. The van der Waals surface area contributed by atoms with Crippen molar-refractivity contribution in [3.05, 3.63) is 71.6 Å². The van der Waals surface area contributed by atoms with Crippen molar-refractivity contribution in [2.75, 3.05) is 26.3 Å². The second-order valence-electron chi connectivity index (χ2n) is 8.16. The SMILES string of the molecule is NC(=O)c1[nH]c2ccc(Cl)cc2c1S(=O)(=O)N1CCOC(COc2cnc(-c3ccccc3)cn2)C1. The first-order valence-corrected chi connectivity index (χ1v) is 12.9. The number of halogens is 1. The summed E-state index contributed by atoms with van der Waals surface area (Å²) >= 11 is 6.10. The van der Waals surface area contributed by atoms with Crippen molar-refractivity contribution in [3.8, 4) is 17.1 Å². The molecule has 10 nitrogen and oxygen atoms in total. The van der Waals surface area contributed by atoms with E-state index in [1.807, 2.05) is 30.3 Å². The van der Waals surface area contributed by atoms with Gasteiger partial charge in [0.2, 0.25) is 15.9 Å². The van der Waals surface area contributed by atoms with Gasteiger partial charge in [-0.3, -0.25) is 4.79 Å². The van der Waals surface area contributed by atoms with Crippen LogP contribution in [0.3, 0.4) is 0 Å². The van der Waals surface area contributed by atoms with Crippen LogP contribution in [0.15, 0.2) is 65.8 Å². The molecule has 1 unspecified atom stereocenters. The molecule has 0 radical (unpaired) electrons. The van der Waals surface area contributed by atoms with Crippen LogP contribution in [-0.4, -0.2) is 66.0 Å². The number of aromatic amines is 1. The number of nitrogens with two attached hydrogens (primary N) is 1. The maximum absolute atomic E-state index is 13.6. The van der Waals surface area contributed by atoms with Gasteiger partial charge in [-0.05, 0) is 18.2 Å². The van der Waals surface area contributed by atoms with Crippen LogP contribution in [0.5, 0.6) is 5.88 Å². The van der Waals surface area contributed by atoms with Gasteiger partial charge < -0.3 is 20.2 Å².